The van der Waals surface area contributed by atoms with Crippen LogP contribution in [0.3, 0.4) is 0 Å². The quantitative estimate of drug-likeness (QED) is 0.680. The molecule has 2 fully saturated rings. The summed E-state index contributed by atoms with van der Waals surface area (Å²) in [6, 6.07) is 9.60. The highest BCUT2D eigenvalue weighted by molar-refractivity contribution is 7.91. The first-order valence-corrected chi connectivity index (χ1v) is 14.0. The summed E-state index contributed by atoms with van der Waals surface area (Å²) >= 11 is 1.18. The van der Waals surface area contributed by atoms with E-state index in [9.17, 15) is 21.6 Å². The second-order valence-corrected chi connectivity index (χ2v) is 12.8. The largest absolute Gasteiger partial charge is 0.326 e. The van der Waals surface area contributed by atoms with Crippen molar-refractivity contribution in [2.75, 3.05) is 31.5 Å². The minimum atomic E-state index is -3.56. The molecule has 11 heteroatoms. The number of hydrogen-bond acceptors (Lipinski definition) is 6. The highest BCUT2D eigenvalue weighted by atomic mass is 32.2. The van der Waals surface area contributed by atoms with Crippen LogP contribution in [0.2, 0.25) is 0 Å². The summed E-state index contributed by atoms with van der Waals surface area (Å²) in [5.41, 5.74) is 0.430. The van der Waals surface area contributed by atoms with Gasteiger partial charge < -0.3 is 5.32 Å². The van der Waals surface area contributed by atoms with E-state index in [1.54, 1.807) is 29.6 Å². The van der Waals surface area contributed by atoms with Crippen LogP contribution < -0.4 is 5.32 Å². The van der Waals surface area contributed by atoms with Gasteiger partial charge in [0, 0.05) is 37.8 Å². The van der Waals surface area contributed by atoms with Gasteiger partial charge in [-0.15, -0.1) is 11.3 Å². The van der Waals surface area contributed by atoms with Gasteiger partial charge in [-0.25, -0.2) is 16.8 Å². The Morgan fingerprint density at radius 3 is 2.23 bits per heavy atom. The molecular weight excluding hydrogens is 458 g/mol. The van der Waals surface area contributed by atoms with Crippen LogP contribution in [0.15, 0.2) is 50.9 Å². The van der Waals surface area contributed by atoms with E-state index in [4.69, 9.17) is 0 Å². The standard InChI is InChI=1S/C20H25N3O5S3/c24-20(16-8-12-23(13-9-16)31(27,28)19-7-4-14-29-19)21-17-5-3-6-18(15-17)30(25,26)22-10-1-2-11-22/h3-7,14-16H,1-2,8-13H2,(H,21,24). The molecule has 0 bridgehead atoms. The zero-order valence-electron chi connectivity index (χ0n) is 16.9. The summed E-state index contributed by atoms with van der Waals surface area (Å²) in [6.45, 7) is 1.60. The van der Waals surface area contributed by atoms with Gasteiger partial charge in [-0.1, -0.05) is 12.1 Å². The molecule has 31 heavy (non-hydrogen) atoms. The lowest BCUT2D eigenvalue weighted by molar-refractivity contribution is -0.120. The molecule has 0 saturated carbocycles. The van der Waals surface area contributed by atoms with E-state index in [0.717, 1.165) is 12.8 Å². The van der Waals surface area contributed by atoms with Gasteiger partial charge in [0.05, 0.1) is 4.90 Å². The zero-order valence-corrected chi connectivity index (χ0v) is 19.4. The monoisotopic (exact) mass is 483 g/mol. The average Bonchev–Trinajstić information content (AvgIpc) is 3.48. The van der Waals surface area contributed by atoms with Crippen molar-refractivity contribution in [1.29, 1.82) is 0 Å². The highest BCUT2D eigenvalue weighted by Gasteiger charge is 2.33. The molecular formula is C20H25N3O5S3. The zero-order chi connectivity index (χ0) is 22.1. The molecule has 2 aliphatic rings. The predicted octanol–water partition coefficient (Wildman–Crippen LogP) is 2.57. The molecule has 1 N–H and O–H groups in total. The SMILES string of the molecule is O=C(Nc1cccc(S(=O)(=O)N2CCCC2)c1)C1CCN(S(=O)(=O)c2cccs2)CC1. The minimum Gasteiger partial charge on any atom is -0.326 e. The van der Waals surface area contributed by atoms with Gasteiger partial charge >= 0.3 is 0 Å². The molecule has 2 aromatic rings. The van der Waals surface area contributed by atoms with Crippen LogP contribution >= 0.6 is 11.3 Å². The Morgan fingerprint density at radius 2 is 1.58 bits per heavy atom. The van der Waals surface area contributed by atoms with Crippen molar-refractivity contribution in [3.63, 3.8) is 0 Å². The van der Waals surface area contributed by atoms with E-state index < -0.39 is 20.0 Å². The molecule has 4 rings (SSSR count). The van der Waals surface area contributed by atoms with E-state index in [1.807, 2.05) is 0 Å². The number of nitrogens with zero attached hydrogens (tertiary/aromatic N) is 2. The van der Waals surface area contributed by atoms with Crippen molar-refractivity contribution in [1.82, 2.24) is 8.61 Å². The predicted molar refractivity (Wildman–Crippen MR) is 119 cm³/mol. The summed E-state index contributed by atoms with van der Waals surface area (Å²) < 4.78 is 54.0. The Kier molecular flexibility index (Phi) is 6.50. The number of hydrogen-bond donors (Lipinski definition) is 1. The Labute approximate surface area is 187 Å². The van der Waals surface area contributed by atoms with Crippen molar-refractivity contribution in [3.8, 4) is 0 Å². The van der Waals surface area contributed by atoms with Crippen LogP contribution in [-0.2, 0) is 24.8 Å². The number of benzene rings is 1. The number of carbonyl (C=O) groups is 1. The lowest BCUT2D eigenvalue weighted by Gasteiger charge is -2.30. The number of carbonyl (C=O) groups excluding carboxylic acids is 1. The molecule has 0 atom stereocenters. The van der Waals surface area contributed by atoms with Gasteiger partial charge in [0.1, 0.15) is 4.21 Å². The summed E-state index contributed by atoms with van der Waals surface area (Å²) in [5, 5.41) is 4.54. The van der Waals surface area contributed by atoms with Crippen LogP contribution in [0, 0.1) is 5.92 Å². The van der Waals surface area contributed by atoms with Gasteiger partial charge in [-0.3, -0.25) is 4.79 Å². The molecule has 0 spiro atoms. The van der Waals surface area contributed by atoms with Crippen molar-refractivity contribution in [2.45, 2.75) is 34.8 Å². The topological polar surface area (TPSA) is 104 Å². The Bertz CT molecular complexity index is 1130. The number of rotatable bonds is 6. The number of nitrogens with one attached hydrogen (secondary N) is 1. The summed E-state index contributed by atoms with van der Waals surface area (Å²) in [4.78, 5) is 12.9. The van der Waals surface area contributed by atoms with E-state index in [-0.39, 0.29) is 29.8 Å². The smallest absolute Gasteiger partial charge is 0.252 e. The van der Waals surface area contributed by atoms with E-state index in [0.29, 0.717) is 35.8 Å². The normalized spacial score (nSPS) is 19.5. The molecule has 1 amide bonds. The maximum Gasteiger partial charge on any atom is 0.252 e. The molecule has 168 valence electrons. The van der Waals surface area contributed by atoms with Crippen LogP contribution in [-0.4, -0.2) is 57.5 Å². The fourth-order valence-corrected chi connectivity index (χ4v) is 8.13. The minimum absolute atomic E-state index is 0.170. The summed E-state index contributed by atoms with van der Waals surface area (Å²) in [5.74, 6) is -0.544. The van der Waals surface area contributed by atoms with Gasteiger partial charge in [0.25, 0.3) is 10.0 Å². The molecule has 2 aliphatic heterocycles. The maximum atomic E-state index is 12.8. The second-order valence-electron chi connectivity index (χ2n) is 7.74. The molecule has 2 saturated heterocycles. The van der Waals surface area contributed by atoms with Crippen molar-refractivity contribution < 1.29 is 21.6 Å². The van der Waals surface area contributed by atoms with Gasteiger partial charge in [-0.2, -0.15) is 8.61 Å². The summed E-state index contributed by atoms with van der Waals surface area (Å²) in [6.07, 6.45) is 2.55. The number of piperidine rings is 1. The van der Waals surface area contributed by atoms with Crippen LogP contribution in [0.1, 0.15) is 25.7 Å². The third kappa shape index (κ3) is 4.70. The average molecular weight is 484 g/mol. The number of anilines is 1. The second kappa shape index (κ2) is 8.99. The molecule has 1 aromatic carbocycles. The Morgan fingerprint density at radius 1 is 0.903 bits per heavy atom. The van der Waals surface area contributed by atoms with Gasteiger partial charge in [-0.05, 0) is 55.3 Å². The van der Waals surface area contributed by atoms with Gasteiger partial charge in [0.2, 0.25) is 15.9 Å². The van der Waals surface area contributed by atoms with Crippen LogP contribution in [0.4, 0.5) is 5.69 Å². The maximum absolute atomic E-state index is 12.8. The fourth-order valence-electron chi connectivity index (χ4n) is 3.95. The Hall–Kier alpha value is -1.79. The number of thiophene rings is 1. The first kappa shape index (κ1) is 22.4. The first-order valence-electron chi connectivity index (χ1n) is 10.2. The van der Waals surface area contributed by atoms with E-state index >= 15 is 0 Å². The van der Waals surface area contributed by atoms with Crippen LogP contribution in [0.5, 0.6) is 0 Å². The Balaban J connectivity index is 1.39. The van der Waals surface area contributed by atoms with E-state index in [2.05, 4.69) is 5.32 Å². The van der Waals surface area contributed by atoms with Gasteiger partial charge in [0.15, 0.2) is 0 Å². The van der Waals surface area contributed by atoms with Crippen molar-refractivity contribution in [3.05, 3.63) is 41.8 Å². The first-order chi connectivity index (χ1) is 14.8. The molecule has 1 aromatic heterocycles. The number of amides is 1. The van der Waals surface area contributed by atoms with Crippen LogP contribution in [0.25, 0.3) is 0 Å². The molecule has 0 radical (unpaired) electrons. The third-order valence-corrected chi connectivity index (χ3v) is 10.9. The molecule has 0 aliphatic carbocycles. The highest BCUT2D eigenvalue weighted by Crippen LogP contribution is 2.28. The van der Waals surface area contributed by atoms with Crippen molar-refractivity contribution in [2.24, 2.45) is 5.92 Å². The molecule has 8 nitrogen and oxygen atoms in total. The lowest BCUT2D eigenvalue weighted by Crippen LogP contribution is -2.41. The fraction of sp³-hybridized carbons (Fsp3) is 0.450. The lowest BCUT2D eigenvalue weighted by atomic mass is 9.97. The number of sulfonamides is 2. The molecule has 0 unspecified atom stereocenters. The molecule has 3 heterocycles. The summed E-state index contributed by atoms with van der Waals surface area (Å²) in [7, 11) is -7.07. The third-order valence-electron chi connectivity index (χ3n) is 5.72. The van der Waals surface area contributed by atoms with E-state index in [1.165, 1.54) is 32.1 Å². The van der Waals surface area contributed by atoms with Crippen molar-refractivity contribution >= 4 is 43.0 Å².